The lowest BCUT2D eigenvalue weighted by atomic mass is 10.3. The number of para-hydroxylation sites is 1. The van der Waals surface area contributed by atoms with Crippen LogP contribution < -0.4 is 4.74 Å². The predicted octanol–water partition coefficient (Wildman–Crippen LogP) is 4.04. The van der Waals surface area contributed by atoms with Crippen LogP contribution in [0, 0.1) is 3.57 Å². The fourth-order valence-corrected chi connectivity index (χ4v) is 2.14. The second kappa shape index (κ2) is 6.22. The third kappa shape index (κ3) is 3.25. The molecule has 18 heavy (non-hydrogen) atoms. The van der Waals surface area contributed by atoms with Crippen LogP contribution in [0.1, 0.15) is 32.0 Å². The Labute approximate surface area is 121 Å². The predicted molar refractivity (Wildman–Crippen MR) is 80.7 cm³/mol. The largest absolute Gasteiger partial charge is 0.486 e. The standard InChI is InChI=1S/C14H17IN2O/c1-3-11(2)17-9-8-12(16-17)10-18-14-7-5-4-6-13(14)15/h4-9,11H,3,10H2,1-2H3. The zero-order valence-electron chi connectivity index (χ0n) is 10.6. The van der Waals surface area contributed by atoms with Crippen molar-refractivity contribution in [2.24, 2.45) is 0 Å². The lowest BCUT2D eigenvalue weighted by molar-refractivity contribution is 0.296. The van der Waals surface area contributed by atoms with Gasteiger partial charge in [-0.1, -0.05) is 19.1 Å². The summed E-state index contributed by atoms with van der Waals surface area (Å²) in [6.45, 7) is 4.84. The minimum absolute atomic E-state index is 0.440. The van der Waals surface area contributed by atoms with Gasteiger partial charge in [-0.2, -0.15) is 5.10 Å². The Morgan fingerprint density at radius 1 is 1.33 bits per heavy atom. The third-order valence-corrected chi connectivity index (χ3v) is 3.81. The van der Waals surface area contributed by atoms with Crippen molar-refractivity contribution < 1.29 is 4.74 Å². The molecule has 1 heterocycles. The van der Waals surface area contributed by atoms with Crippen molar-refractivity contribution in [3.05, 3.63) is 45.8 Å². The van der Waals surface area contributed by atoms with Gasteiger partial charge in [0.2, 0.25) is 0 Å². The highest BCUT2D eigenvalue weighted by Gasteiger charge is 2.06. The van der Waals surface area contributed by atoms with Crippen LogP contribution in [0.4, 0.5) is 0 Å². The Hall–Kier alpha value is -1.04. The molecule has 0 spiro atoms. The average Bonchev–Trinajstić information content (AvgIpc) is 2.86. The molecule has 2 aromatic rings. The lowest BCUT2D eigenvalue weighted by Gasteiger charge is -2.09. The molecule has 0 radical (unpaired) electrons. The summed E-state index contributed by atoms with van der Waals surface area (Å²) < 4.78 is 8.88. The van der Waals surface area contributed by atoms with Crippen LogP contribution in [0.25, 0.3) is 0 Å². The second-order valence-corrected chi connectivity index (χ2v) is 5.43. The first kappa shape index (κ1) is 13.4. The summed E-state index contributed by atoms with van der Waals surface area (Å²) in [7, 11) is 0. The Kier molecular flexibility index (Phi) is 4.63. The van der Waals surface area contributed by atoms with E-state index >= 15 is 0 Å². The van der Waals surface area contributed by atoms with E-state index in [2.05, 4.69) is 41.5 Å². The van der Waals surface area contributed by atoms with Gasteiger partial charge in [-0.05, 0) is 54.1 Å². The van der Waals surface area contributed by atoms with E-state index in [1.165, 1.54) is 0 Å². The van der Waals surface area contributed by atoms with Crippen LogP contribution in [-0.2, 0) is 6.61 Å². The molecule has 0 aliphatic carbocycles. The van der Waals surface area contributed by atoms with Crippen LogP contribution >= 0.6 is 22.6 Å². The van der Waals surface area contributed by atoms with Crippen molar-refractivity contribution in [1.29, 1.82) is 0 Å². The maximum absolute atomic E-state index is 5.77. The van der Waals surface area contributed by atoms with Crippen molar-refractivity contribution in [3.8, 4) is 5.75 Å². The third-order valence-electron chi connectivity index (χ3n) is 2.92. The fourth-order valence-electron chi connectivity index (χ4n) is 1.60. The van der Waals surface area contributed by atoms with Gasteiger partial charge in [-0.25, -0.2) is 0 Å². The molecule has 0 saturated heterocycles. The molecule has 0 bridgehead atoms. The van der Waals surface area contributed by atoms with Gasteiger partial charge in [-0.15, -0.1) is 0 Å². The zero-order valence-corrected chi connectivity index (χ0v) is 12.8. The van der Waals surface area contributed by atoms with E-state index in [1.807, 2.05) is 41.2 Å². The zero-order chi connectivity index (χ0) is 13.0. The number of halogens is 1. The minimum Gasteiger partial charge on any atom is -0.486 e. The molecule has 1 unspecified atom stereocenters. The first-order valence-corrected chi connectivity index (χ1v) is 7.20. The summed E-state index contributed by atoms with van der Waals surface area (Å²) in [5.74, 6) is 0.913. The van der Waals surface area contributed by atoms with Gasteiger partial charge >= 0.3 is 0 Å². The number of nitrogens with zero attached hydrogens (tertiary/aromatic N) is 2. The highest BCUT2D eigenvalue weighted by Crippen LogP contribution is 2.20. The van der Waals surface area contributed by atoms with Crippen LogP contribution in [0.5, 0.6) is 5.75 Å². The van der Waals surface area contributed by atoms with Crippen LogP contribution in [-0.4, -0.2) is 9.78 Å². The van der Waals surface area contributed by atoms with Gasteiger partial charge in [0.1, 0.15) is 12.4 Å². The Bertz CT molecular complexity index is 510. The summed E-state index contributed by atoms with van der Waals surface area (Å²) in [4.78, 5) is 0. The molecular formula is C14H17IN2O. The molecule has 96 valence electrons. The van der Waals surface area contributed by atoms with Crippen molar-refractivity contribution in [2.75, 3.05) is 0 Å². The van der Waals surface area contributed by atoms with Crippen molar-refractivity contribution in [2.45, 2.75) is 32.9 Å². The van der Waals surface area contributed by atoms with Gasteiger partial charge in [0.15, 0.2) is 0 Å². The van der Waals surface area contributed by atoms with Gasteiger partial charge in [0.25, 0.3) is 0 Å². The molecule has 0 saturated carbocycles. The first-order chi connectivity index (χ1) is 8.70. The molecular weight excluding hydrogens is 339 g/mol. The van der Waals surface area contributed by atoms with Crippen molar-refractivity contribution in [1.82, 2.24) is 9.78 Å². The van der Waals surface area contributed by atoms with E-state index in [-0.39, 0.29) is 0 Å². The van der Waals surface area contributed by atoms with E-state index in [0.29, 0.717) is 12.6 Å². The highest BCUT2D eigenvalue weighted by molar-refractivity contribution is 14.1. The molecule has 2 rings (SSSR count). The number of rotatable bonds is 5. The van der Waals surface area contributed by atoms with E-state index in [4.69, 9.17) is 4.74 Å². The summed E-state index contributed by atoms with van der Waals surface area (Å²) in [5, 5.41) is 4.51. The number of ether oxygens (including phenoxy) is 1. The normalized spacial score (nSPS) is 12.4. The van der Waals surface area contributed by atoms with Crippen LogP contribution in [0.2, 0.25) is 0 Å². The molecule has 1 aromatic heterocycles. The fraction of sp³-hybridized carbons (Fsp3) is 0.357. The van der Waals surface area contributed by atoms with Crippen LogP contribution in [0.15, 0.2) is 36.5 Å². The minimum atomic E-state index is 0.440. The van der Waals surface area contributed by atoms with E-state index in [1.54, 1.807) is 0 Å². The van der Waals surface area contributed by atoms with E-state index in [0.717, 1.165) is 21.4 Å². The van der Waals surface area contributed by atoms with Gasteiger partial charge in [-0.3, -0.25) is 4.68 Å². The Morgan fingerprint density at radius 3 is 2.83 bits per heavy atom. The van der Waals surface area contributed by atoms with Gasteiger partial charge in [0.05, 0.1) is 9.26 Å². The summed E-state index contributed by atoms with van der Waals surface area (Å²) in [6.07, 6.45) is 3.10. The summed E-state index contributed by atoms with van der Waals surface area (Å²) in [6, 6.07) is 10.5. The first-order valence-electron chi connectivity index (χ1n) is 6.12. The van der Waals surface area contributed by atoms with Crippen molar-refractivity contribution in [3.63, 3.8) is 0 Å². The second-order valence-electron chi connectivity index (χ2n) is 4.26. The monoisotopic (exact) mass is 356 g/mol. The molecule has 0 amide bonds. The maximum atomic E-state index is 5.77. The molecule has 0 N–H and O–H groups in total. The molecule has 0 aliphatic rings. The lowest BCUT2D eigenvalue weighted by Crippen LogP contribution is -2.06. The summed E-state index contributed by atoms with van der Waals surface area (Å²) >= 11 is 2.27. The Balaban J connectivity index is 1.98. The number of hydrogen-bond acceptors (Lipinski definition) is 2. The molecule has 4 heteroatoms. The van der Waals surface area contributed by atoms with E-state index < -0.39 is 0 Å². The Morgan fingerprint density at radius 2 is 2.11 bits per heavy atom. The average molecular weight is 356 g/mol. The van der Waals surface area contributed by atoms with Crippen molar-refractivity contribution >= 4 is 22.6 Å². The number of aromatic nitrogens is 2. The highest BCUT2D eigenvalue weighted by atomic mass is 127. The maximum Gasteiger partial charge on any atom is 0.133 e. The quantitative estimate of drug-likeness (QED) is 0.757. The molecule has 0 aliphatic heterocycles. The van der Waals surface area contributed by atoms with Gasteiger partial charge in [0, 0.05) is 12.2 Å². The van der Waals surface area contributed by atoms with Gasteiger partial charge < -0.3 is 4.74 Å². The number of hydrogen-bond donors (Lipinski definition) is 0. The van der Waals surface area contributed by atoms with Crippen LogP contribution in [0.3, 0.4) is 0 Å². The molecule has 1 atom stereocenters. The number of benzene rings is 1. The smallest absolute Gasteiger partial charge is 0.133 e. The summed E-state index contributed by atoms with van der Waals surface area (Å²) in [5.41, 5.74) is 0.968. The topological polar surface area (TPSA) is 27.1 Å². The molecule has 3 nitrogen and oxygen atoms in total. The van der Waals surface area contributed by atoms with E-state index in [9.17, 15) is 0 Å². The SMILES string of the molecule is CCC(C)n1ccc(COc2ccccc2I)n1. The molecule has 1 aromatic carbocycles. The molecule has 0 fully saturated rings.